The molecular formula is C30H39NO3. The molecule has 0 aliphatic heterocycles. The zero-order valence-corrected chi connectivity index (χ0v) is 20.8. The Morgan fingerprint density at radius 1 is 1.00 bits per heavy atom. The van der Waals surface area contributed by atoms with Gasteiger partial charge in [0.15, 0.2) is 6.10 Å². The molecule has 34 heavy (non-hydrogen) atoms. The van der Waals surface area contributed by atoms with Gasteiger partial charge in [0.1, 0.15) is 5.75 Å². The quantitative estimate of drug-likeness (QED) is 0.324. The topological polar surface area (TPSA) is 70.3 Å². The highest BCUT2D eigenvalue weighted by Gasteiger charge is 2.35. The van der Waals surface area contributed by atoms with Crippen molar-refractivity contribution in [2.75, 3.05) is 0 Å². The van der Waals surface area contributed by atoms with E-state index in [2.05, 4.69) is 37.3 Å². The Bertz CT molecular complexity index is 935. The summed E-state index contributed by atoms with van der Waals surface area (Å²) >= 11 is 0. The number of carbonyl (C=O) groups is 1. The lowest BCUT2D eigenvalue weighted by molar-refractivity contribution is -0.144. The minimum atomic E-state index is -0.975. The summed E-state index contributed by atoms with van der Waals surface area (Å²) in [5.41, 5.74) is 3.47. The van der Waals surface area contributed by atoms with Gasteiger partial charge in [-0.25, -0.2) is 4.79 Å². The van der Waals surface area contributed by atoms with E-state index in [4.69, 9.17) is 9.84 Å². The zero-order chi connectivity index (χ0) is 24.4. The van der Waals surface area contributed by atoms with Gasteiger partial charge in [0, 0.05) is 0 Å². The first kappa shape index (κ1) is 25.8. The minimum absolute atomic E-state index is 0.108. The smallest absolute Gasteiger partial charge is 0.344 e. The molecule has 3 rings (SSSR count). The van der Waals surface area contributed by atoms with E-state index in [1.165, 1.54) is 51.0 Å². The Balaban J connectivity index is 1.51. The van der Waals surface area contributed by atoms with Crippen LogP contribution in [-0.2, 0) is 4.79 Å². The molecule has 1 N–H and O–H groups in total. The number of benzene rings is 2. The summed E-state index contributed by atoms with van der Waals surface area (Å²) in [6.45, 7) is 3.77. The molecule has 0 aromatic heterocycles. The van der Waals surface area contributed by atoms with E-state index in [0.29, 0.717) is 11.7 Å². The van der Waals surface area contributed by atoms with E-state index in [1.807, 2.05) is 24.3 Å². The van der Waals surface area contributed by atoms with Gasteiger partial charge in [-0.1, -0.05) is 81.8 Å². The summed E-state index contributed by atoms with van der Waals surface area (Å²) < 4.78 is 5.41. The molecule has 0 spiro atoms. The van der Waals surface area contributed by atoms with Crippen molar-refractivity contribution in [2.45, 2.75) is 96.5 Å². The SMILES string of the molecule is CCCCCCCCC1(C#N)CCC(c2ccc(-c3ccc(OC(C)C(=O)O)cc3)cc2)CC1. The molecule has 0 saturated heterocycles. The standard InChI is InChI=1S/C30H39NO3/c1-3-4-5-6-7-8-19-30(22-31)20-17-27(18-21-30)25-11-9-24(10-12-25)26-13-15-28(16-14-26)34-23(2)29(32)33/h9-16,23,27H,3-8,17-21H2,1-2H3,(H,32,33). The van der Waals surface area contributed by atoms with Gasteiger partial charge in [-0.2, -0.15) is 5.26 Å². The van der Waals surface area contributed by atoms with E-state index in [9.17, 15) is 10.1 Å². The van der Waals surface area contributed by atoms with E-state index in [0.717, 1.165) is 43.2 Å². The highest BCUT2D eigenvalue weighted by molar-refractivity contribution is 5.72. The van der Waals surface area contributed by atoms with Gasteiger partial charge in [0.05, 0.1) is 11.5 Å². The molecule has 182 valence electrons. The highest BCUT2D eigenvalue weighted by atomic mass is 16.5. The molecule has 1 aliphatic carbocycles. The number of carboxylic acid groups (broad SMARTS) is 1. The van der Waals surface area contributed by atoms with Crippen LogP contribution in [0.1, 0.15) is 96.0 Å². The van der Waals surface area contributed by atoms with Crippen molar-refractivity contribution in [3.8, 4) is 22.9 Å². The first-order valence-electron chi connectivity index (χ1n) is 13.0. The van der Waals surface area contributed by atoms with Gasteiger partial charge in [-0.3, -0.25) is 0 Å². The molecule has 1 atom stereocenters. The van der Waals surface area contributed by atoms with E-state index in [-0.39, 0.29) is 5.41 Å². The van der Waals surface area contributed by atoms with Crippen LogP contribution in [-0.4, -0.2) is 17.2 Å². The molecule has 2 aromatic rings. The average molecular weight is 462 g/mol. The van der Waals surface area contributed by atoms with Gasteiger partial charge in [-0.05, 0) is 73.8 Å². The fraction of sp³-hybridized carbons (Fsp3) is 0.533. The van der Waals surface area contributed by atoms with Gasteiger partial charge in [0.25, 0.3) is 0 Å². The van der Waals surface area contributed by atoms with Crippen molar-refractivity contribution in [1.29, 1.82) is 5.26 Å². The van der Waals surface area contributed by atoms with Crippen molar-refractivity contribution < 1.29 is 14.6 Å². The summed E-state index contributed by atoms with van der Waals surface area (Å²) in [5, 5.41) is 18.9. The lowest BCUT2D eigenvalue weighted by Gasteiger charge is -2.35. The van der Waals surface area contributed by atoms with Crippen LogP contribution in [0.25, 0.3) is 11.1 Å². The van der Waals surface area contributed by atoms with Gasteiger partial charge in [0.2, 0.25) is 0 Å². The Morgan fingerprint density at radius 2 is 1.56 bits per heavy atom. The van der Waals surface area contributed by atoms with Crippen molar-refractivity contribution >= 4 is 5.97 Å². The number of carboxylic acids is 1. The number of nitriles is 1. The van der Waals surface area contributed by atoms with Gasteiger partial charge in [-0.15, -0.1) is 0 Å². The maximum atomic E-state index is 11.0. The molecule has 1 unspecified atom stereocenters. The predicted molar refractivity (Wildman–Crippen MR) is 137 cm³/mol. The molecular weight excluding hydrogens is 422 g/mol. The lowest BCUT2D eigenvalue weighted by atomic mass is 9.67. The third-order valence-corrected chi connectivity index (χ3v) is 7.42. The molecule has 1 aliphatic rings. The highest BCUT2D eigenvalue weighted by Crippen LogP contribution is 2.46. The zero-order valence-electron chi connectivity index (χ0n) is 20.8. The second-order valence-electron chi connectivity index (χ2n) is 9.93. The average Bonchev–Trinajstić information content (AvgIpc) is 2.87. The molecule has 2 aromatic carbocycles. The van der Waals surface area contributed by atoms with Crippen LogP contribution in [0.2, 0.25) is 0 Å². The monoisotopic (exact) mass is 461 g/mol. The lowest BCUT2D eigenvalue weighted by Crippen LogP contribution is -2.25. The first-order valence-corrected chi connectivity index (χ1v) is 13.0. The minimum Gasteiger partial charge on any atom is -0.479 e. The molecule has 4 nitrogen and oxygen atoms in total. The molecule has 0 radical (unpaired) electrons. The molecule has 1 fully saturated rings. The molecule has 4 heteroatoms. The summed E-state index contributed by atoms with van der Waals surface area (Å²) in [5.74, 6) is 0.115. The Morgan fingerprint density at radius 3 is 2.12 bits per heavy atom. The number of hydrogen-bond acceptors (Lipinski definition) is 3. The number of nitrogens with zero attached hydrogens (tertiary/aromatic N) is 1. The maximum Gasteiger partial charge on any atom is 0.344 e. The molecule has 0 heterocycles. The number of aliphatic carboxylic acids is 1. The number of rotatable bonds is 12. The van der Waals surface area contributed by atoms with Crippen LogP contribution < -0.4 is 4.74 Å². The second kappa shape index (κ2) is 12.6. The van der Waals surface area contributed by atoms with Crippen molar-refractivity contribution in [3.05, 3.63) is 54.1 Å². The van der Waals surface area contributed by atoms with Crippen LogP contribution in [0.15, 0.2) is 48.5 Å². The van der Waals surface area contributed by atoms with Crippen LogP contribution >= 0.6 is 0 Å². The maximum absolute atomic E-state index is 11.0. The van der Waals surface area contributed by atoms with Gasteiger partial charge >= 0.3 is 5.97 Å². The number of hydrogen-bond donors (Lipinski definition) is 1. The largest absolute Gasteiger partial charge is 0.479 e. The first-order chi connectivity index (χ1) is 16.5. The van der Waals surface area contributed by atoms with E-state index in [1.54, 1.807) is 0 Å². The third-order valence-electron chi connectivity index (χ3n) is 7.42. The molecule has 1 saturated carbocycles. The van der Waals surface area contributed by atoms with Crippen LogP contribution in [0.5, 0.6) is 5.75 Å². The summed E-state index contributed by atoms with van der Waals surface area (Å²) in [6.07, 6.45) is 12.1. The van der Waals surface area contributed by atoms with E-state index >= 15 is 0 Å². The number of ether oxygens (including phenoxy) is 1. The molecule has 0 amide bonds. The Labute approximate surface area is 205 Å². The van der Waals surface area contributed by atoms with Crippen LogP contribution in [0.3, 0.4) is 0 Å². The second-order valence-corrected chi connectivity index (χ2v) is 9.93. The van der Waals surface area contributed by atoms with Crippen molar-refractivity contribution in [1.82, 2.24) is 0 Å². The number of unbranched alkanes of at least 4 members (excludes halogenated alkanes) is 5. The fourth-order valence-electron chi connectivity index (χ4n) is 5.09. The van der Waals surface area contributed by atoms with Crippen LogP contribution in [0.4, 0.5) is 0 Å². The van der Waals surface area contributed by atoms with E-state index < -0.39 is 12.1 Å². The summed E-state index contributed by atoms with van der Waals surface area (Å²) in [6, 6.07) is 19.0. The predicted octanol–water partition coefficient (Wildman–Crippen LogP) is 8.12. The van der Waals surface area contributed by atoms with Crippen molar-refractivity contribution in [3.63, 3.8) is 0 Å². The van der Waals surface area contributed by atoms with Crippen LogP contribution in [0, 0.1) is 16.7 Å². The summed E-state index contributed by atoms with van der Waals surface area (Å²) in [7, 11) is 0. The van der Waals surface area contributed by atoms with Crippen molar-refractivity contribution in [2.24, 2.45) is 5.41 Å². The Hall–Kier alpha value is -2.80. The fourth-order valence-corrected chi connectivity index (χ4v) is 5.09. The summed E-state index contributed by atoms with van der Waals surface area (Å²) in [4.78, 5) is 11.0. The normalized spacial score (nSPS) is 20.9. The third kappa shape index (κ3) is 7.10. The molecule has 0 bridgehead atoms. The van der Waals surface area contributed by atoms with Gasteiger partial charge < -0.3 is 9.84 Å². The Kier molecular flexibility index (Phi) is 9.57.